The highest BCUT2D eigenvalue weighted by atomic mass is 16.1. The second-order valence-corrected chi connectivity index (χ2v) is 5.20. The summed E-state index contributed by atoms with van der Waals surface area (Å²) >= 11 is 0. The summed E-state index contributed by atoms with van der Waals surface area (Å²) in [6.07, 6.45) is 3.99. The molecule has 1 aliphatic heterocycles. The molecule has 1 aliphatic rings. The van der Waals surface area contributed by atoms with Crippen LogP contribution in [-0.4, -0.2) is 18.5 Å². The summed E-state index contributed by atoms with van der Waals surface area (Å²) in [5.41, 5.74) is 3.24. The molecule has 1 fully saturated rings. The quantitative estimate of drug-likeness (QED) is 0.857. The number of hydrogen-bond donors (Lipinski definition) is 2. The van der Waals surface area contributed by atoms with Crippen LogP contribution in [0, 0.1) is 13.8 Å². The molecule has 3 nitrogen and oxygen atoms in total. The second-order valence-electron chi connectivity index (χ2n) is 5.20. The molecular formula is C15H22N2O. The van der Waals surface area contributed by atoms with Gasteiger partial charge in [-0.2, -0.15) is 0 Å². The van der Waals surface area contributed by atoms with Crippen LogP contribution in [0.2, 0.25) is 0 Å². The Morgan fingerprint density at radius 1 is 1.44 bits per heavy atom. The fourth-order valence-electron chi connectivity index (χ4n) is 2.39. The van der Waals surface area contributed by atoms with Crippen molar-refractivity contribution in [3.63, 3.8) is 0 Å². The van der Waals surface area contributed by atoms with Crippen LogP contribution < -0.4 is 10.6 Å². The molecule has 0 spiro atoms. The van der Waals surface area contributed by atoms with E-state index in [1.54, 1.807) is 0 Å². The van der Waals surface area contributed by atoms with Crippen molar-refractivity contribution < 1.29 is 4.79 Å². The van der Waals surface area contributed by atoms with Crippen LogP contribution in [0.15, 0.2) is 18.2 Å². The standard InChI is InChI=1S/C15H22N2O/c1-11-5-6-12(2)14(10-11)17-15(18)8-7-13-4-3-9-16-13/h5-6,10,13,16H,3-4,7-9H2,1-2H3,(H,17,18). The summed E-state index contributed by atoms with van der Waals surface area (Å²) in [6.45, 7) is 5.16. The molecule has 1 atom stereocenters. The van der Waals surface area contributed by atoms with E-state index >= 15 is 0 Å². The average molecular weight is 246 g/mol. The minimum Gasteiger partial charge on any atom is -0.326 e. The summed E-state index contributed by atoms with van der Waals surface area (Å²) in [5, 5.41) is 6.42. The molecule has 0 bridgehead atoms. The van der Waals surface area contributed by atoms with Gasteiger partial charge in [0.2, 0.25) is 5.91 Å². The van der Waals surface area contributed by atoms with Crippen molar-refractivity contribution in [2.45, 2.75) is 45.6 Å². The lowest BCUT2D eigenvalue weighted by atomic mass is 10.1. The van der Waals surface area contributed by atoms with E-state index in [1.807, 2.05) is 26.0 Å². The topological polar surface area (TPSA) is 41.1 Å². The van der Waals surface area contributed by atoms with Gasteiger partial charge < -0.3 is 10.6 Å². The molecule has 18 heavy (non-hydrogen) atoms. The summed E-state index contributed by atoms with van der Waals surface area (Å²) in [4.78, 5) is 11.9. The minimum absolute atomic E-state index is 0.123. The third kappa shape index (κ3) is 3.57. The van der Waals surface area contributed by atoms with Crippen LogP contribution in [0.1, 0.15) is 36.8 Å². The number of aryl methyl sites for hydroxylation is 2. The van der Waals surface area contributed by atoms with Gasteiger partial charge in [-0.05, 0) is 56.8 Å². The smallest absolute Gasteiger partial charge is 0.224 e. The van der Waals surface area contributed by atoms with Crippen molar-refractivity contribution in [2.75, 3.05) is 11.9 Å². The fraction of sp³-hybridized carbons (Fsp3) is 0.533. The normalized spacial score (nSPS) is 18.9. The average Bonchev–Trinajstić information content (AvgIpc) is 2.84. The summed E-state index contributed by atoms with van der Waals surface area (Å²) in [6, 6.07) is 6.67. The summed E-state index contributed by atoms with van der Waals surface area (Å²) in [5.74, 6) is 0.123. The number of hydrogen-bond acceptors (Lipinski definition) is 2. The first-order valence-corrected chi connectivity index (χ1v) is 6.75. The molecule has 0 aromatic heterocycles. The van der Waals surface area contributed by atoms with E-state index in [2.05, 4.69) is 16.7 Å². The highest BCUT2D eigenvalue weighted by molar-refractivity contribution is 5.91. The molecule has 1 unspecified atom stereocenters. The molecule has 0 saturated carbocycles. The number of benzene rings is 1. The van der Waals surface area contributed by atoms with Gasteiger partial charge in [0.25, 0.3) is 0 Å². The second kappa shape index (κ2) is 6.01. The zero-order chi connectivity index (χ0) is 13.0. The van der Waals surface area contributed by atoms with E-state index in [4.69, 9.17) is 0 Å². The van der Waals surface area contributed by atoms with Crippen LogP contribution in [0.3, 0.4) is 0 Å². The van der Waals surface area contributed by atoms with Crippen molar-refractivity contribution in [1.82, 2.24) is 5.32 Å². The minimum atomic E-state index is 0.123. The molecule has 2 rings (SSSR count). The Balaban J connectivity index is 1.84. The van der Waals surface area contributed by atoms with Crippen molar-refractivity contribution in [3.8, 4) is 0 Å². The molecule has 98 valence electrons. The first-order chi connectivity index (χ1) is 8.65. The molecule has 1 aromatic carbocycles. The third-order valence-corrected chi connectivity index (χ3v) is 3.55. The van der Waals surface area contributed by atoms with E-state index < -0.39 is 0 Å². The highest BCUT2D eigenvalue weighted by Crippen LogP contribution is 2.17. The number of amides is 1. The fourth-order valence-corrected chi connectivity index (χ4v) is 2.39. The zero-order valence-corrected chi connectivity index (χ0v) is 11.3. The largest absolute Gasteiger partial charge is 0.326 e. The predicted octanol–water partition coefficient (Wildman–Crippen LogP) is 2.77. The molecule has 2 N–H and O–H groups in total. The van der Waals surface area contributed by atoms with Gasteiger partial charge in [0.15, 0.2) is 0 Å². The lowest BCUT2D eigenvalue weighted by Crippen LogP contribution is -2.23. The number of carbonyl (C=O) groups excluding carboxylic acids is 1. The van der Waals surface area contributed by atoms with Crippen LogP contribution in [0.4, 0.5) is 5.69 Å². The maximum absolute atomic E-state index is 11.9. The van der Waals surface area contributed by atoms with Gasteiger partial charge in [0, 0.05) is 18.2 Å². The number of nitrogens with one attached hydrogen (secondary N) is 2. The lowest BCUT2D eigenvalue weighted by molar-refractivity contribution is -0.116. The van der Waals surface area contributed by atoms with E-state index in [0.29, 0.717) is 12.5 Å². The molecule has 1 saturated heterocycles. The van der Waals surface area contributed by atoms with Crippen molar-refractivity contribution in [2.24, 2.45) is 0 Å². The van der Waals surface area contributed by atoms with Crippen molar-refractivity contribution in [3.05, 3.63) is 29.3 Å². The Hall–Kier alpha value is -1.35. The number of anilines is 1. The highest BCUT2D eigenvalue weighted by Gasteiger charge is 2.15. The number of rotatable bonds is 4. The SMILES string of the molecule is Cc1ccc(C)c(NC(=O)CCC2CCCN2)c1. The van der Waals surface area contributed by atoms with E-state index in [-0.39, 0.29) is 5.91 Å². The summed E-state index contributed by atoms with van der Waals surface area (Å²) in [7, 11) is 0. The Kier molecular flexibility index (Phi) is 4.37. The van der Waals surface area contributed by atoms with Gasteiger partial charge in [-0.1, -0.05) is 12.1 Å². The molecule has 3 heteroatoms. The monoisotopic (exact) mass is 246 g/mol. The van der Waals surface area contributed by atoms with Gasteiger partial charge in [-0.25, -0.2) is 0 Å². The first kappa shape index (κ1) is 13.1. The zero-order valence-electron chi connectivity index (χ0n) is 11.3. The van der Waals surface area contributed by atoms with Gasteiger partial charge in [-0.3, -0.25) is 4.79 Å². The molecule has 1 aromatic rings. The summed E-state index contributed by atoms with van der Waals surface area (Å²) < 4.78 is 0. The van der Waals surface area contributed by atoms with E-state index in [0.717, 1.165) is 24.2 Å². The maximum Gasteiger partial charge on any atom is 0.224 e. The Labute approximate surface area is 109 Å². The molecule has 1 amide bonds. The molecule has 1 heterocycles. The first-order valence-electron chi connectivity index (χ1n) is 6.75. The molecule has 0 aliphatic carbocycles. The van der Waals surface area contributed by atoms with E-state index in [1.165, 1.54) is 18.4 Å². The van der Waals surface area contributed by atoms with Crippen molar-refractivity contribution >= 4 is 11.6 Å². The van der Waals surface area contributed by atoms with Crippen LogP contribution in [0.25, 0.3) is 0 Å². The van der Waals surface area contributed by atoms with Gasteiger partial charge >= 0.3 is 0 Å². The van der Waals surface area contributed by atoms with Crippen LogP contribution in [0.5, 0.6) is 0 Å². The Morgan fingerprint density at radius 3 is 3.00 bits per heavy atom. The molecule has 0 radical (unpaired) electrons. The van der Waals surface area contributed by atoms with E-state index in [9.17, 15) is 4.79 Å². The Morgan fingerprint density at radius 2 is 2.28 bits per heavy atom. The maximum atomic E-state index is 11.9. The van der Waals surface area contributed by atoms with Crippen LogP contribution >= 0.6 is 0 Å². The van der Waals surface area contributed by atoms with Crippen molar-refractivity contribution in [1.29, 1.82) is 0 Å². The predicted molar refractivity (Wildman–Crippen MR) is 74.8 cm³/mol. The Bertz CT molecular complexity index is 423. The molecular weight excluding hydrogens is 224 g/mol. The van der Waals surface area contributed by atoms with Gasteiger partial charge in [0.1, 0.15) is 0 Å². The number of carbonyl (C=O) groups is 1. The van der Waals surface area contributed by atoms with Gasteiger partial charge in [0.05, 0.1) is 0 Å². The third-order valence-electron chi connectivity index (χ3n) is 3.55. The van der Waals surface area contributed by atoms with Gasteiger partial charge in [-0.15, -0.1) is 0 Å². The lowest BCUT2D eigenvalue weighted by Gasteiger charge is -2.12. The van der Waals surface area contributed by atoms with Crippen LogP contribution in [-0.2, 0) is 4.79 Å².